The van der Waals surface area contributed by atoms with Gasteiger partial charge in [0.25, 0.3) is 0 Å². The van der Waals surface area contributed by atoms with Crippen molar-refractivity contribution in [1.82, 2.24) is 4.90 Å². The topological polar surface area (TPSA) is 38.8 Å². The fraction of sp³-hybridized carbons (Fsp3) is 0.278. The van der Waals surface area contributed by atoms with Gasteiger partial charge in [-0.3, -0.25) is 4.79 Å². The van der Waals surface area contributed by atoms with E-state index in [2.05, 4.69) is 15.9 Å². The lowest BCUT2D eigenvalue weighted by atomic mass is 10.1. The number of nitrogens with zero attached hydrogens (tertiary/aromatic N) is 1. The molecule has 0 N–H and O–H groups in total. The Balaban J connectivity index is 2.07. The van der Waals surface area contributed by atoms with Gasteiger partial charge in [-0.05, 0) is 35.9 Å². The van der Waals surface area contributed by atoms with Gasteiger partial charge in [0, 0.05) is 23.6 Å². The van der Waals surface area contributed by atoms with Gasteiger partial charge in [-0.1, -0.05) is 28.1 Å². The molecule has 2 aromatic rings. The minimum absolute atomic E-state index is 0.0273. The molecule has 0 spiro atoms. The highest BCUT2D eigenvalue weighted by atomic mass is 79.9. The van der Waals surface area contributed by atoms with Crippen LogP contribution in [0.15, 0.2) is 46.9 Å². The molecule has 2 aromatic carbocycles. The standard InChI is InChI=1S/C18H20BrNO3/c1-20(12-13-4-6-15(19)7-5-13)18(21)11-14-10-16(22-2)8-9-17(14)23-3/h4-10H,11-12H2,1-3H3. The Bertz CT molecular complexity index is 670. The van der Waals surface area contributed by atoms with Gasteiger partial charge in [0.05, 0.1) is 20.6 Å². The molecule has 0 unspecified atom stereocenters. The van der Waals surface area contributed by atoms with Crippen LogP contribution in [0, 0.1) is 0 Å². The average molecular weight is 378 g/mol. The van der Waals surface area contributed by atoms with E-state index in [-0.39, 0.29) is 12.3 Å². The number of benzene rings is 2. The fourth-order valence-electron chi connectivity index (χ4n) is 2.27. The largest absolute Gasteiger partial charge is 0.497 e. The predicted octanol–water partition coefficient (Wildman–Crippen LogP) is 3.67. The Labute approximate surface area is 145 Å². The molecule has 4 nitrogen and oxygen atoms in total. The number of hydrogen-bond acceptors (Lipinski definition) is 3. The SMILES string of the molecule is COc1ccc(OC)c(CC(=O)N(C)Cc2ccc(Br)cc2)c1. The third-order valence-corrected chi connectivity index (χ3v) is 4.12. The van der Waals surface area contributed by atoms with Crippen LogP contribution in [0.3, 0.4) is 0 Å². The molecule has 0 aliphatic heterocycles. The summed E-state index contributed by atoms with van der Waals surface area (Å²) in [6.45, 7) is 0.568. The molecule has 0 atom stereocenters. The van der Waals surface area contributed by atoms with Crippen molar-refractivity contribution in [1.29, 1.82) is 0 Å². The fourth-order valence-corrected chi connectivity index (χ4v) is 2.53. The second-order valence-corrected chi connectivity index (χ2v) is 6.15. The van der Waals surface area contributed by atoms with Gasteiger partial charge in [0.15, 0.2) is 0 Å². The van der Waals surface area contributed by atoms with Crippen LogP contribution >= 0.6 is 15.9 Å². The number of amides is 1. The molecule has 122 valence electrons. The first-order valence-electron chi connectivity index (χ1n) is 7.22. The number of methoxy groups -OCH3 is 2. The van der Waals surface area contributed by atoms with E-state index in [1.54, 1.807) is 26.2 Å². The van der Waals surface area contributed by atoms with E-state index in [0.29, 0.717) is 18.0 Å². The monoisotopic (exact) mass is 377 g/mol. The van der Waals surface area contributed by atoms with Gasteiger partial charge >= 0.3 is 0 Å². The summed E-state index contributed by atoms with van der Waals surface area (Å²) in [6.07, 6.45) is 0.271. The van der Waals surface area contributed by atoms with E-state index in [0.717, 1.165) is 15.6 Å². The first kappa shape index (κ1) is 17.3. The molecule has 2 rings (SSSR count). The van der Waals surface area contributed by atoms with E-state index < -0.39 is 0 Å². The van der Waals surface area contributed by atoms with Crippen molar-refractivity contribution in [3.05, 3.63) is 58.1 Å². The van der Waals surface area contributed by atoms with Crippen molar-refractivity contribution >= 4 is 21.8 Å². The third-order valence-electron chi connectivity index (χ3n) is 3.59. The number of carbonyl (C=O) groups excluding carboxylic acids is 1. The Kier molecular flexibility index (Phi) is 6.04. The molecule has 0 saturated carbocycles. The van der Waals surface area contributed by atoms with Gasteiger partial charge in [-0.25, -0.2) is 0 Å². The summed E-state index contributed by atoms with van der Waals surface area (Å²) in [5, 5.41) is 0. The second kappa shape index (κ2) is 8.02. The molecule has 5 heteroatoms. The quantitative estimate of drug-likeness (QED) is 0.770. The summed E-state index contributed by atoms with van der Waals surface area (Å²) >= 11 is 3.41. The highest BCUT2D eigenvalue weighted by molar-refractivity contribution is 9.10. The van der Waals surface area contributed by atoms with Crippen molar-refractivity contribution in [2.24, 2.45) is 0 Å². The summed E-state index contributed by atoms with van der Waals surface area (Å²) in [5.74, 6) is 1.43. The Morgan fingerprint density at radius 2 is 1.78 bits per heavy atom. The lowest BCUT2D eigenvalue weighted by molar-refractivity contribution is -0.129. The van der Waals surface area contributed by atoms with Crippen molar-refractivity contribution < 1.29 is 14.3 Å². The van der Waals surface area contributed by atoms with Gasteiger partial charge < -0.3 is 14.4 Å². The van der Waals surface area contributed by atoms with E-state index in [1.165, 1.54) is 0 Å². The average Bonchev–Trinajstić information content (AvgIpc) is 2.56. The zero-order chi connectivity index (χ0) is 16.8. The summed E-state index contributed by atoms with van der Waals surface area (Å²) < 4.78 is 11.6. The van der Waals surface area contributed by atoms with E-state index in [4.69, 9.17) is 9.47 Å². The summed E-state index contributed by atoms with van der Waals surface area (Å²) in [7, 11) is 5.01. The number of carbonyl (C=O) groups is 1. The molecular weight excluding hydrogens is 358 g/mol. The molecule has 23 heavy (non-hydrogen) atoms. The number of halogens is 1. The number of ether oxygens (including phenoxy) is 2. The zero-order valence-corrected chi connectivity index (χ0v) is 15.1. The molecular formula is C18H20BrNO3. The highest BCUT2D eigenvalue weighted by Crippen LogP contribution is 2.25. The second-order valence-electron chi connectivity index (χ2n) is 5.23. The summed E-state index contributed by atoms with van der Waals surface area (Å²) in [6, 6.07) is 13.4. The van der Waals surface area contributed by atoms with Crippen molar-refractivity contribution in [2.45, 2.75) is 13.0 Å². The van der Waals surface area contributed by atoms with Crippen LogP contribution in [0.2, 0.25) is 0 Å². The van der Waals surface area contributed by atoms with Crippen LogP contribution < -0.4 is 9.47 Å². The molecule has 0 heterocycles. The Hall–Kier alpha value is -2.01. The van der Waals surface area contributed by atoms with E-state index in [9.17, 15) is 4.79 Å². The molecule has 0 saturated heterocycles. The Morgan fingerprint density at radius 1 is 1.09 bits per heavy atom. The maximum Gasteiger partial charge on any atom is 0.227 e. The number of rotatable bonds is 6. The van der Waals surface area contributed by atoms with Crippen molar-refractivity contribution in [3.8, 4) is 11.5 Å². The number of likely N-dealkylation sites (N-methyl/N-ethyl adjacent to an activating group) is 1. The normalized spacial score (nSPS) is 10.3. The van der Waals surface area contributed by atoms with Crippen LogP contribution in [0.1, 0.15) is 11.1 Å². The molecule has 1 amide bonds. The first-order chi connectivity index (χ1) is 11.0. The van der Waals surface area contributed by atoms with Gasteiger partial charge in [-0.2, -0.15) is 0 Å². The minimum atomic E-state index is 0.0273. The van der Waals surface area contributed by atoms with Gasteiger partial charge in [-0.15, -0.1) is 0 Å². The minimum Gasteiger partial charge on any atom is -0.497 e. The molecule has 0 radical (unpaired) electrons. The Morgan fingerprint density at radius 3 is 2.39 bits per heavy atom. The summed E-state index contributed by atoms with van der Waals surface area (Å²) in [4.78, 5) is 14.2. The lowest BCUT2D eigenvalue weighted by Crippen LogP contribution is -2.27. The zero-order valence-electron chi connectivity index (χ0n) is 13.5. The predicted molar refractivity (Wildman–Crippen MR) is 93.9 cm³/mol. The van der Waals surface area contributed by atoms with Crippen LogP contribution in [-0.2, 0) is 17.8 Å². The molecule has 0 fully saturated rings. The van der Waals surface area contributed by atoms with Crippen LogP contribution in [-0.4, -0.2) is 32.1 Å². The molecule has 0 aliphatic rings. The van der Waals surface area contributed by atoms with Crippen molar-refractivity contribution in [2.75, 3.05) is 21.3 Å². The molecule has 0 bridgehead atoms. The molecule has 0 aliphatic carbocycles. The van der Waals surface area contributed by atoms with Crippen LogP contribution in [0.25, 0.3) is 0 Å². The highest BCUT2D eigenvalue weighted by Gasteiger charge is 2.14. The smallest absolute Gasteiger partial charge is 0.227 e. The maximum atomic E-state index is 12.5. The van der Waals surface area contributed by atoms with Crippen molar-refractivity contribution in [3.63, 3.8) is 0 Å². The van der Waals surface area contributed by atoms with Gasteiger partial charge in [0.2, 0.25) is 5.91 Å². The van der Waals surface area contributed by atoms with E-state index in [1.807, 2.05) is 42.5 Å². The van der Waals surface area contributed by atoms with Crippen LogP contribution in [0.4, 0.5) is 0 Å². The number of hydrogen-bond donors (Lipinski definition) is 0. The summed E-state index contributed by atoms with van der Waals surface area (Å²) in [5.41, 5.74) is 1.90. The lowest BCUT2D eigenvalue weighted by Gasteiger charge is -2.18. The third kappa shape index (κ3) is 4.73. The maximum absolute atomic E-state index is 12.5. The molecule has 0 aromatic heterocycles. The first-order valence-corrected chi connectivity index (χ1v) is 8.02. The van der Waals surface area contributed by atoms with Crippen LogP contribution in [0.5, 0.6) is 11.5 Å². The van der Waals surface area contributed by atoms with E-state index >= 15 is 0 Å². The van der Waals surface area contributed by atoms with Gasteiger partial charge in [0.1, 0.15) is 11.5 Å².